The SMILES string of the molecule is CCCCC[C@@H]1C=C[C@@H](CCCCC[C@H](C(=O)O)[C@H](O)CC[C@]2(O)C[C@H](CC3=CCN=C3)C[C@H]2O)[C@H](O)C1. The molecule has 1 aliphatic heterocycles. The Morgan fingerprint density at radius 3 is 2.55 bits per heavy atom. The van der Waals surface area contributed by atoms with E-state index in [2.05, 4.69) is 30.1 Å². The van der Waals surface area contributed by atoms with Gasteiger partial charge in [-0.15, -0.1) is 0 Å². The van der Waals surface area contributed by atoms with E-state index in [9.17, 15) is 30.3 Å². The van der Waals surface area contributed by atoms with Crippen LogP contribution in [-0.4, -0.2) is 68.2 Å². The standard InChI is InChI=1S/C31H51NO6/c1-2-3-5-8-22-11-12-25(28(34)18-22)9-6-4-7-10-26(30(36)37)27(33)13-15-31(38)20-24(19-29(31)35)17-23-14-16-32-21-23/h11-12,14,21-22,24-29,33-35,38H,2-10,13,15-20H2,1H3,(H,36,37)/t22-,24-,25-,26+,27-,28-,29-,31+/m1/s1. The van der Waals surface area contributed by atoms with E-state index in [0.717, 1.165) is 44.1 Å². The molecular weight excluding hydrogens is 482 g/mol. The Bertz CT molecular complexity index is 825. The second-order valence-electron chi connectivity index (χ2n) is 12.2. The van der Waals surface area contributed by atoms with Crippen LogP contribution in [-0.2, 0) is 4.79 Å². The molecule has 0 aromatic heterocycles. The van der Waals surface area contributed by atoms with Gasteiger partial charge in [0.2, 0.25) is 0 Å². The molecule has 38 heavy (non-hydrogen) atoms. The van der Waals surface area contributed by atoms with Crippen molar-refractivity contribution >= 4 is 12.2 Å². The Morgan fingerprint density at radius 2 is 1.87 bits per heavy atom. The molecule has 7 nitrogen and oxygen atoms in total. The van der Waals surface area contributed by atoms with Crippen LogP contribution in [0.2, 0.25) is 0 Å². The van der Waals surface area contributed by atoms with Gasteiger partial charge in [0.15, 0.2) is 0 Å². The third kappa shape index (κ3) is 9.29. The summed E-state index contributed by atoms with van der Waals surface area (Å²) in [5, 5.41) is 52.5. The van der Waals surface area contributed by atoms with Gasteiger partial charge in [-0.2, -0.15) is 0 Å². The highest BCUT2D eigenvalue weighted by molar-refractivity contribution is 5.80. The molecule has 1 saturated carbocycles. The number of hydrogen-bond acceptors (Lipinski definition) is 6. The van der Waals surface area contributed by atoms with Crippen LogP contribution in [0.1, 0.15) is 103 Å². The first-order valence-corrected chi connectivity index (χ1v) is 15.1. The minimum atomic E-state index is -1.28. The summed E-state index contributed by atoms with van der Waals surface area (Å²) in [6, 6.07) is 0. The topological polar surface area (TPSA) is 131 Å². The molecule has 0 aromatic carbocycles. The summed E-state index contributed by atoms with van der Waals surface area (Å²) in [6.07, 6.45) is 17.6. The fraction of sp³-hybridized carbons (Fsp3) is 0.806. The molecule has 1 heterocycles. The fourth-order valence-electron chi connectivity index (χ4n) is 6.69. The van der Waals surface area contributed by atoms with E-state index < -0.39 is 29.7 Å². The highest BCUT2D eigenvalue weighted by Crippen LogP contribution is 2.41. The average molecular weight is 534 g/mol. The van der Waals surface area contributed by atoms with Crippen molar-refractivity contribution in [2.75, 3.05) is 6.54 Å². The van der Waals surface area contributed by atoms with Crippen LogP contribution >= 0.6 is 0 Å². The van der Waals surface area contributed by atoms with Gasteiger partial charge in [-0.25, -0.2) is 0 Å². The summed E-state index contributed by atoms with van der Waals surface area (Å²) in [5.41, 5.74) is -0.146. The van der Waals surface area contributed by atoms with Gasteiger partial charge >= 0.3 is 5.97 Å². The van der Waals surface area contributed by atoms with Gasteiger partial charge in [-0.3, -0.25) is 9.79 Å². The lowest BCUT2D eigenvalue weighted by Gasteiger charge is -2.29. The number of hydrogen-bond donors (Lipinski definition) is 5. The van der Waals surface area contributed by atoms with Gasteiger partial charge in [0.1, 0.15) is 0 Å². The number of aliphatic imine (C=N–C) groups is 1. The zero-order valence-corrected chi connectivity index (χ0v) is 23.3. The van der Waals surface area contributed by atoms with Gasteiger partial charge in [0.25, 0.3) is 0 Å². The van der Waals surface area contributed by atoms with E-state index in [4.69, 9.17) is 0 Å². The van der Waals surface area contributed by atoms with E-state index in [-0.39, 0.29) is 30.8 Å². The van der Waals surface area contributed by atoms with Crippen LogP contribution in [0.4, 0.5) is 0 Å². The second-order valence-corrected chi connectivity index (χ2v) is 12.2. The zero-order chi connectivity index (χ0) is 27.5. The number of unbranched alkanes of at least 4 members (excludes halogenated alkanes) is 4. The third-order valence-electron chi connectivity index (χ3n) is 9.11. The Hall–Kier alpha value is -1.54. The average Bonchev–Trinajstić information content (AvgIpc) is 3.48. The number of nitrogens with zero attached hydrogens (tertiary/aromatic N) is 1. The molecule has 0 bridgehead atoms. The molecule has 0 saturated heterocycles. The largest absolute Gasteiger partial charge is 0.481 e. The van der Waals surface area contributed by atoms with E-state index in [1.54, 1.807) is 0 Å². The molecule has 1 fully saturated rings. The first-order valence-electron chi connectivity index (χ1n) is 15.1. The molecule has 5 N–H and O–H groups in total. The van der Waals surface area contributed by atoms with E-state index >= 15 is 0 Å². The summed E-state index contributed by atoms with van der Waals surface area (Å²) in [5.74, 6) is -1.07. The van der Waals surface area contributed by atoms with E-state index in [1.165, 1.54) is 19.3 Å². The van der Waals surface area contributed by atoms with Gasteiger partial charge in [0, 0.05) is 12.1 Å². The molecule has 3 rings (SSSR count). The van der Waals surface area contributed by atoms with Crippen molar-refractivity contribution in [3.05, 3.63) is 23.8 Å². The summed E-state index contributed by atoms with van der Waals surface area (Å²) >= 11 is 0. The van der Waals surface area contributed by atoms with Crippen molar-refractivity contribution in [1.29, 1.82) is 0 Å². The van der Waals surface area contributed by atoms with Crippen molar-refractivity contribution in [2.24, 2.45) is 28.7 Å². The lowest BCUT2D eigenvalue weighted by atomic mass is 9.81. The maximum Gasteiger partial charge on any atom is 0.309 e. The van der Waals surface area contributed by atoms with Crippen molar-refractivity contribution in [1.82, 2.24) is 0 Å². The molecule has 0 aromatic rings. The fourth-order valence-corrected chi connectivity index (χ4v) is 6.69. The quantitative estimate of drug-likeness (QED) is 0.135. The van der Waals surface area contributed by atoms with Crippen LogP contribution in [0.15, 0.2) is 28.8 Å². The number of allylic oxidation sites excluding steroid dienone is 2. The Labute approximate surface area is 228 Å². The molecule has 8 atom stereocenters. The van der Waals surface area contributed by atoms with Crippen LogP contribution in [0.3, 0.4) is 0 Å². The number of carboxylic acid groups (broad SMARTS) is 1. The molecular formula is C31H51NO6. The Balaban J connectivity index is 1.35. The first-order chi connectivity index (χ1) is 18.2. The summed E-state index contributed by atoms with van der Waals surface area (Å²) in [4.78, 5) is 16.1. The third-order valence-corrected chi connectivity index (χ3v) is 9.11. The lowest BCUT2D eigenvalue weighted by Crippen LogP contribution is -2.39. The summed E-state index contributed by atoms with van der Waals surface area (Å²) < 4.78 is 0. The molecule has 0 spiro atoms. The molecule has 2 aliphatic carbocycles. The predicted molar refractivity (Wildman–Crippen MR) is 150 cm³/mol. The highest BCUT2D eigenvalue weighted by atomic mass is 16.4. The minimum Gasteiger partial charge on any atom is -0.481 e. The zero-order valence-electron chi connectivity index (χ0n) is 23.3. The number of aliphatic hydroxyl groups excluding tert-OH is 3. The Morgan fingerprint density at radius 1 is 1.08 bits per heavy atom. The highest BCUT2D eigenvalue weighted by Gasteiger charge is 2.45. The Kier molecular flexibility index (Phi) is 12.5. The normalized spacial score (nSPS) is 32.4. The second kappa shape index (κ2) is 15.3. The lowest BCUT2D eigenvalue weighted by molar-refractivity contribution is -0.147. The molecule has 7 heteroatoms. The number of aliphatic carboxylic acids is 1. The number of carbonyl (C=O) groups is 1. The van der Waals surface area contributed by atoms with Crippen molar-refractivity contribution < 1.29 is 30.3 Å². The summed E-state index contributed by atoms with van der Waals surface area (Å²) in [6.45, 7) is 2.89. The first kappa shape index (κ1) is 31.0. The van der Waals surface area contributed by atoms with Crippen LogP contribution < -0.4 is 0 Å². The van der Waals surface area contributed by atoms with Gasteiger partial charge in [-0.05, 0) is 75.2 Å². The number of carboxylic acids is 1. The molecule has 0 unspecified atom stereocenters. The van der Waals surface area contributed by atoms with Gasteiger partial charge in [-0.1, -0.05) is 63.7 Å². The van der Waals surface area contributed by atoms with Gasteiger partial charge in [0.05, 0.1) is 36.4 Å². The van der Waals surface area contributed by atoms with Crippen molar-refractivity contribution in [2.45, 2.75) is 127 Å². The minimum absolute atomic E-state index is 0.153. The smallest absolute Gasteiger partial charge is 0.309 e. The maximum atomic E-state index is 11.9. The van der Waals surface area contributed by atoms with Crippen molar-refractivity contribution in [3.63, 3.8) is 0 Å². The number of aliphatic hydroxyl groups is 4. The maximum absolute atomic E-state index is 11.9. The van der Waals surface area contributed by atoms with Crippen LogP contribution in [0.5, 0.6) is 0 Å². The molecule has 216 valence electrons. The number of rotatable bonds is 17. The van der Waals surface area contributed by atoms with Gasteiger partial charge < -0.3 is 25.5 Å². The van der Waals surface area contributed by atoms with E-state index in [1.807, 2.05) is 6.21 Å². The molecule has 0 radical (unpaired) electrons. The van der Waals surface area contributed by atoms with Crippen molar-refractivity contribution in [3.8, 4) is 0 Å². The van der Waals surface area contributed by atoms with Crippen LogP contribution in [0.25, 0.3) is 0 Å². The molecule has 0 amide bonds. The van der Waals surface area contributed by atoms with E-state index in [0.29, 0.717) is 38.1 Å². The van der Waals surface area contributed by atoms with Crippen LogP contribution in [0, 0.1) is 23.7 Å². The monoisotopic (exact) mass is 533 g/mol. The predicted octanol–water partition coefficient (Wildman–Crippen LogP) is 4.82. The summed E-state index contributed by atoms with van der Waals surface area (Å²) in [7, 11) is 0. The molecule has 3 aliphatic rings.